The minimum Gasteiger partial charge on any atom is -0.494 e. The second-order valence-electron chi connectivity index (χ2n) is 4.47. The number of hydrogen-bond acceptors (Lipinski definition) is 3. The predicted molar refractivity (Wildman–Crippen MR) is 65.0 cm³/mol. The number of unbranched alkanes of at least 4 members (excludes halogenated alkanes) is 1. The molecule has 1 aliphatic rings. The summed E-state index contributed by atoms with van der Waals surface area (Å²) in [7, 11) is 0. The van der Waals surface area contributed by atoms with Crippen molar-refractivity contribution in [3.8, 4) is 5.75 Å². The Kier molecular flexibility index (Phi) is 3.61. The molecule has 0 aliphatic heterocycles. The van der Waals surface area contributed by atoms with E-state index in [0.717, 1.165) is 30.8 Å². The summed E-state index contributed by atoms with van der Waals surface area (Å²) in [6.45, 7) is 2.86. The van der Waals surface area contributed by atoms with Crippen LogP contribution in [0.25, 0.3) is 0 Å². The highest BCUT2D eigenvalue weighted by atomic mass is 16.6. The normalized spacial score (nSPS) is 22.2. The molecule has 1 saturated carbocycles. The Morgan fingerprint density at radius 2 is 2.12 bits per heavy atom. The van der Waals surface area contributed by atoms with Crippen molar-refractivity contribution in [3.63, 3.8) is 0 Å². The Morgan fingerprint density at radius 3 is 2.65 bits per heavy atom. The molecule has 0 saturated heterocycles. The van der Waals surface area contributed by atoms with Gasteiger partial charge < -0.3 is 4.74 Å². The Morgan fingerprint density at radius 1 is 1.41 bits per heavy atom. The maximum Gasteiger partial charge on any atom is 0.221 e. The van der Waals surface area contributed by atoms with Crippen LogP contribution in [0.2, 0.25) is 0 Å². The van der Waals surface area contributed by atoms with Crippen molar-refractivity contribution in [2.24, 2.45) is 0 Å². The maximum atomic E-state index is 10.6. The van der Waals surface area contributed by atoms with Gasteiger partial charge in [-0.2, -0.15) is 0 Å². The molecule has 0 spiro atoms. The van der Waals surface area contributed by atoms with Crippen LogP contribution in [0.5, 0.6) is 5.75 Å². The van der Waals surface area contributed by atoms with E-state index in [1.165, 1.54) is 0 Å². The van der Waals surface area contributed by atoms with E-state index in [2.05, 4.69) is 6.92 Å². The molecule has 2 rings (SSSR count). The monoisotopic (exact) mass is 235 g/mol. The molecule has 0 N–H and O–H groups in total. The summed E-state index contributed by atoms with van der Waals surface area (Å²) in [5.74, 6) is 0.954. The molecule has 0 bridgehead atoms. The summed E-state index contributed by atoms with van der Waals surface area (Å²) in [5.41, 5.74) is 1.05. The van der Waals surface area contributed by atoms with Gasteiger partial charge >= 0.3 is 0 Å². The van der Waals surface area contributed by atoms with Gasteiger partial charge in [0.2, 0.25) is 6.04 Å². The third-order valence-electron chi connectivity index (χ3n) is 3.10. The topological polar surface area (TPSA) is 52.4 Å². The number of ether oxygens (including phenoxy) is 1. The van der Waals surface area contributed by atoms with Gasteiger partial charge in [0, 0.05) is 11.3 Å². The minimum atomic E-state index is -0.373. The molecule has 92 valence electrons. The third-order valence-corrected chi connectivity index (χ3v) is 3.10. The van der Waals surface area contributed by atoms with E-state index in [9.17, 15) is 10.1 Å². The van der Waals surface area contributed by atoms with Gasteiger partial charge in [-0.25, -0.2) is 0 Å². The highest BCUT2D eigenvalue weighted by Crippen LogP contribution is 2.43. The summed E-state index contributed by atoms with van der Waals surface area (Å²) >= 11 is 0. The molecule has 0 heterocycles. The van der Waals surface area contributed by atoms with Gasteiger partial charge in [-0.1, -0.05) is 25.5 Å². The number of nitro groups is 1. The Hall–Kier alpha value is -1.58. The number of benzene rings is 1. The highest BCUT2D eigenvalue weighted by Gasteiger charge is 2.49. The third kappa shape index (κ3) is 2.96. The maximum absolute atomic E-state index is 10.6. The van der Waals surface area contributed by atoms with Crippen LogP contribution < -0.4 is 4.74 Å². The number of nitrogens with zero attached hydrogens (tertiary/aromatic N) is 1. The Labute approximate surface area is 101 Å². The van der Waals surface area contributed by atoms with E-state index in [0.29, 0.717) is 6.42 Å². The lowest BCUT2D eigenvalue weighted by atomic mass is 10.1. The smallest absolute Gasteiger partial charge is 0.221 e. The fourth-order valence-electron chi connectivity index (χ4n) is 1.92. The molecular weight excluding hydrogens is 218 g/mol. The largest absolute Gasteiger partial charge is 0.494 e. The molecule has 1 aromatic carbocycles. The average Bonchev–Trinajstić information content (AvgIpc) is 3.10. The van der Waals surface area contributed by atoms with Gasteiger partial charge in [-0.3, -0.25) is 10.1 Å². The lowest BCUT2D eigenvalue weighted by molar-refractivity contribution is -0.496. The van der Waals surface area contributed by atoms with E-state index in [1.807, 2.05) is 24.3 Å². The van der Waals surface area contributed by atoms with Gasteiger partial charge in [-0.15, -0.1) is 0 Å². The molecule has 17 heavy (non-hydrogen) atoms. The fourth-order valence-corrected chi connectivity index (χ4v) is 1.92. The van der Waals surface area contributed by atoms with Gasteiger partial charge in [0.1, 0.15) is 5.75 Å². The molecule has 0 aromatic heterocycles. The van der Waals surface area contributed by atoms with Crippen LogP contribution in [0.1, 0.15) is 37.7 Å². The van der Waals surface area contributed by atoms with E-state index >= 15 is 0 Å². The van der Waals surface area contributed by atoms with Crippen LogP contribution in [0.15, 0.2) is 24.3 Å². The number of rotatable bonds is 6. The van der Waals surface area contributed by atoms with Gasteiger partial charge in [0.15, 0.2) is 0 Å². The SMILES string of the molecule is CCCCOc1ccc(C2C[C@@H]2[N+](=O)[O-])cc1. The van der Waals surface area contributed by atoms with Crippen molar-refractivity contribution in [2.45, 2.75) is 38.1 Å². The first-order valence-corrected chi connectivity index (χ1v) is 6.08. The van der Waals surface area contributed by atoms with Gasteiger partial charge in [0.05, 0.1) is 12.5 Å². The summed E-state index contributed by atoms with van der Waals surface area (Å²) in [6, 6.07) is 7.31. The summed E-state index contributed by atoms with van der Waals surface area (Å²) < 4.78 is 5.54. The van der Waals surface area contributed by atoms with Crippen LogP contribution in [-0.4, -0.2) is 17.6 Å². The van der Waals surface area contributed by atoms with Crippen molar-refractivity contribution in [1.29, 1.82) is 0 Å². The average molecular weight is 235 g/mol. The molecule has 4 heteroatoms. The first-order chi connectivity index (χ1) is 8.22. The van der Waals surface area contributed by atoms with E-state index in [4.69, 9.17) is 4.74 Å². The standard InChI is InChI=1S/C13H17NO3/c1-2-3-8-17-11-6-4-10(5-7-11)12-9-13(12)14(15)16/h4-7,12-13H,2-3,8-9H2,1H3/t12?,13-/m0/s1. The molecule has 1 unspecified atom stereocenters. The Balaban J connectivity index is 1.88. The van der Waals surface area contributed by atoms with E-state index < -0.39 is 0 Å². The van der Waals surface area contributed by atoms with Crippen molar-refractivity contribution in [3.05, 3.63) is 39.9 Å². The lowest BCUT2D eigenvalue weighted by Crippen LogP contribution is -2.02. The van der Waals surface area contributed by atoms with Crippen molar-refractivity contribution in [1.82, 2.24) is 0 Å². The molecule has 1 fully saturated rings. The molecule has 2 atom stereocenters. The molecule has 1 aromatic rings. The van der Waals surface area contributed by atoms with Crippen LogP contribution in [-0.2, 0) is 0 Å². The van der Waals surface area contributed by atoms with Gasteiger partial charge in [0.25, 0.3) is 0 Å². The second kappa shape index (κ2) is 5.17. The quantitative estimate of drug-likeness (QED) is 0.432. The zero-order valence-corrected chi connectivity index (χ0v) is 9.96. The molecule has 4 nitrogen and oxygen atoms in total. The van der Waals surface area contributed by atoms with E-state index in [-0.39, 0.29) is 16.9 Å². The van der Waals surface area contributed by atoms with Crippen LogP contribution in [0, 0.1) is 10.1 Å². The highest BCUT2D eigenvalue weighted by molar-refractivity contribution is 5.33. The van der Waals surface area contributed by atoms with Crippen molar-refractivity contribution in [2.75, 3.05) is 6.61 Å². The summed E-state index contributed by atoms with van der Waals surface area (Å²) in [4.78, 5) is 10.4. The molecule has 1 aliphatic carbocycles. The number of hydrogen-bond donors (Lipinski definition) is 0. The zero-order valence-electron chi connectivity index (χ0n) is 9.96. The van der Waals surface area contributed by atoms with Crippen molar-refractivity contribution >= 4 is 0 Å². The molecule has 0 radical (unpaired) electrons. The first kappa shape index (κ1) is 11.9. The summed E-state index contributed by atoms with van der Waals surface area (Å²) in [6.07, 6.45) is 2.83. The fraction of sp³-hybridized carbons (Fsp3) is 0.538. The predicted octanol–water partition coefficient (Wildman–Crippen LogP) is 3.00. The molecule has 0 amide bonds. The Bertz CT molecular complexity index is 388. The zero-order chi connectivity index (χ0) is 12.3. The van der Waals surface area contributed by atoms with Crippen molar-refractivity contribution < 1.29 is 9.66 Å². The minimum absolute atomic E-state index is 0.106. The van der Waals surface area contributed by atoms with Crippen LogP contribution in [0.3, 0.4) is 0 Å². The molecular formula is C13H17NO3. The van der Waals surface area contributed by atoms with E-state index in [1.54, 1.807) is 0 Å². The van der Waals surface area contributed by atoms with Gasteiger partial charge in [-0.05, 0) is 24.1 Å². The van der Waals surface area contributed by atoms with Crippen LogP contribution >= 0.6 is 0 Å². The second-order valence-corrected chi connectivity index (χ2v) is 4.47. The van der Waals surface area contributed by atoms with Crippen LogP contribution in [0.4, 0.5) is 0 Å². The summed E-state index contributed by atoms with van der Waals surface area (Å²) in [5, 5.41) is 10.6. The first-order valence-electron chi connectivity index (χ1n) is 6.08. The lowest BCUT2D eigenvalue weighted by Gasteiger charge is -2.05.